The van der Waals surface area contributed by atoms with Crippen molar-refractivity contribution in [3.05, 3.63) is 0 Å². The highest BCUT2D eigenvalue weighted by molar-refractivity contribution is 5.74. The molecule has 4 heteroatoms. The van der Waals surface area contributed by atoms with Crippen LogP contribution in [0.2, 0.25) is 0 Å². The van der Waals surface area contributed by atoms with Crippen molar-refractivity contribution in [1.29, 1.82) is 0 Å². The first-order valence-electron chi connectivity index (χ1n) is 6.86. The van der Waals surface area contributed by atoms with Gasteiger partial charge in [-0.3, -0.25) is 0 Å². The van der Waals surface area contributed by atoms with Gasteiger partial charge in [-0.05, 0) is 44.7 Å². The third-order valence-corrected chi connectivity index (χ3v) is 4.10. The minimum absolute atomic E-state index is 0.145. The van der Waals surface area contributed by atoms with Gasteiger partial charge in [0.1, 0.15) is 0 Å². The second kappa shape index (κ2) is 5.71. The Kier molecular flexibility index (Phi) is 4.26. The monoisotopic (exact) mass is 239 g/mol. The van der Waals surface area contributed by atoms with Crippen LogP contribution in [0.1, 0.15) is 26.2 Å². The Hall–Kier alpha value is -0.770. The Labute approximate surface area is 104 Å². The van der Waals surface area contributed by atoms with E-state index < -0.39 is 0 Å². The minimum atomic E-state index is 0.145. The second-order valence-corrected chi connectivity index (χ2v) is 5.77. The molecule has 0 radical (unpaired) electrons. The van der Waals surface area contributed by atoms with E-state index in [1.807, 2.05) is 4.90 Å². The number of piperidine rings is 1. The lowest BCUT2D eigenvalue weighted by Crippen LogP contribution is -2.45. The van der Waals surface area contributed by atoms with Crippen molar-refractivity contribution >= 4 is 6.03 Å². The Morgan fingerprint density at radius 2 is 1.94 bits per heavy atom. The lowest BCUT2D eigenvalue weighted by molar-refractivity contribution is 0.172. The van der Waals surface area contributed by atoms with Crippen LogP contribution in [0.3, 0.4) is 0 Å². The molecular formula is C13H25N3O. The van der Waals surface area contributed by atoms with E-state index in [2.05, 4.69) is 24.2 Å². The molecule has 0 spiro atoms. The first-order valence-corrected chi connectivity index (χ1v) is 6.86. The van der Waals surface area contributed by atoms with Gasteiger partial charge in [0.2, 0.25) is 0 Å². The molecular weight excluding hydrogens is 214 g/mol. The van der Waals surface area contributed by atoms with Gasteiger partial charge in [-0.1, -0.05) is 6.92 Å². The summed E-state index contributed by atoms with van der Waals surface area (Å²) < 4.78 is 0. The van der Waals surface area contributed by atoms with Crippen molar-refractivity contribution in [1.82, 2.24) is 15.1 Å². The maximum atomic E-state index is 11.9. The Bertz CT molecular complexity index is 261. The summed E-state index contributed by atoms with van der Waals surface area (Å²) in [6, 6.07) is 0.145. The zero-order valence-electron chi connectivity index (χ0n) is 11.1. The van der Waals surface area contributed by atoms with Crippen LogP contribution < -0.4 is 5.32 Å². The van der Waals surface area contributed by atoms with Crippen LogP contribution in [0, 0.1) is 11.8 Å². The first kappa shape index (κ1) is 12.7. The van der Waals surface area contributed by atoms with Gasteiger partial charge >= 0.3 is 6.03 Å². The van der Waals surface area contributed by atoms with Crippen molar-refractivity contribution in [2.24, 2.45) is 11.8 Å². The summed E-state index contributed by atoms with van der Waals surface area (Å²) in [5.41, 5.74) is 0. The standard InChI is InChI=1S/C13H25N3O/c1-11-3-7-16(8-4-11)13(17)14-9-12-5-6-15(2)10-12/h11-12H,3-10H2,1-2H3,(H,14,17). The molecule has 0 aromatic heterocycles. The number of hydrogen-bond donors (Lipinski definition) is 1. The van der Waals surface area contributed by atoms with E-state index >= 15 is 0 Å². The van der Waals surface area contributed by atoms with Crippen LogP contribution in [0.25, 0.3) is 0 Å². The summed E-state index contributed by atoms with van der Waals surface area (Å²) in [6.45, 7) is 7.26. The zero-order chi connectivity index (χ0) is 12.3. The van der Waals surface area contributed by atoms with Gasteiger partial charge in [0.25, 0.3) is 0 Å². The average molecular weight is 239 g/mol. The summed E-state index contributed by atoms with van der Waals surface area (Å²) in [5.74, 6) is 1.43. The predicted octanol–water partition coefficient (Wildman–Crippen LogP) is 1.38. The third kappa shape index (κ3) is 3.60. The van der Waals surface area contributed by atoms with Gasteiger partial charge in [0.05, 0.1) is 0 Å². The highest BCUT2D eigenvalue weighted by Crippen LogP contribution is 2.16. The van der Waals surface area contributed by atoms with Crippen molar-refractivity contribution < 1.29 is 4.79 Å². The van der Waals surface area contributed by atoms with Gasteiger partial charge in [-0.15, -0.1) is 0 Å². The molecule has 0 aliphatic carbocycles. The SMILES string of the molecule is CC1CCN(C(=O)NCC2CCN(C)C2)CC1. The summed E-state index contributed by atoms with van der Waals surface area (Å²) >= 11 is 0. The minimum Gasteiger partial charge on any atom is -0.338 e. The lowest BCUT2D eigenvalue weighted by atomic mass is 10.00. The van der Waals surface area contributed by atoms with Crippen LogP contribution in [0.5, 0.6) is 0 Å². The lowest BCUT2D eigenvalue weighted by Gasteiger charge is -2.30. The van der Waals surface area contributed by atoms with E-state index in [0.29, 0.717) is 5.92 Å². The predicted molar refractivity (Wildman–Crippen MR) is 69.0 cm³/mol. The maximum Gasteiger partial charge on any atom is 0.317 e. The molecule has 2 aliphatic heterocycles. The number of hydrogen-bond acceptors (Lipinski definition) is 2. The van der Waals surface area contributed by atoms with Gasteiger partial charge in [0.15, 0.2) is 0 Å². The van der Waals surface area contributed by atoms with E-state index in [1.165, 1.54) is 13.0 Å². The molecule has 2 amide bonds. The molecule has 2 aliphatic rings. The topological polar surface area (TPSA) is 35.6 Å². The summed E-state index contributed by atoms with van der Waals surface area (Å²) in [5, 5.41) is 3.09. The third-order valence-electron chi connectivity index (χ3n) is 4.10. The Morgan fingerprint density at radius 3 is 2.53 bits per heavy atom. The van der Waals surface area contributed by atoms with Gasteiger partial charge in [-0.2, -0.15) is 0 Å². The maximum absolute atomic E-state index is 11.9. The van der Waals surface area contributed by atoms with Crippen LogP contribution in [-0.2, 0) is 0 Å². The average Bonchev–Trinajstić information content (AvgIpc) is 2.73. The highest BCUT2D eigenvalue weighted by Gasteiger charge is 2.23. The molecule has 1 atom stereocenters. The van der Waals surface area contributed by atoms with Gasteiger partial charge in [-0.25, -0.2) is 4.79 Å². The zero-order valence-corrected chi connectivity index (χ0v) is 11.1. The normalized spacial score (nSPS) is 27.4. The van der Waals surface area contributed by atoms with Crippen molar-refractivity contribution in [2.45, 2.75) is 26.2 Å². The molecule has 0 aromatic rings. The van der Waals surface area contributed by atoms with Crippen molar-refractivity contribution in [2.75, 3.05) is 39.8 Å². The van der Waals surface area contributed by atoms with E-state index in [1.54, 1.807) is 0 Å². The Balaban J connectivity index is 1.67. The van der Waals surface area contributed by atoms with E-state index in [9.17, 15) is 4.79 Å². The molecule has 0 aromatic carbocycles. The van der Waals surface area contributed by atoms with Crippen LogP contribution >= 0.6 is 0 Å². The van der Waals surface area contributed by atoms with E-state index in [-0.39, 0.29) is 6.03 Å². The smallest absolute Gasteiger partial charge is 0.317 e. The summed E-state index contributed by atoms with van der Waals surface area (Å²) in [6.07, 6.45) is 3.52. The fraction of sp³-hybridized carbons (Fsp3) is 0.923. The van der Waals surface area contributed by atoms with E-state index in [0.717, 1.165) is 44.9 Å². The number of carbonyl (C=O) groups is 1. The van der Waals surface area contributed by atoms with Crippen LogP contribution in [0.15, 0.2) is 0 Å². The van der Waals surface area contributed by atoms with Crippen LogP contribution in [-0.4, -0.2) is 55.6 Å². The molecule has 1 unspecified atom stereocenters. The fourth-order valence-corrected chi connectivity index (χ4v) is 2.75. The number of urea groups is 1. The number of nitrogens with zero attached hydrogens (tertiary/aromatic N) is 2. The number of rotatable bonds is 2. The molecule has 2 fully saturated rings. The molecule has 4 nitrogen and oxygen atoms in total. The van der Waals surface area contributed by atoms with Gasteiger partial charge < -0.3 is 15.1 Å². The van der Waals surface area contributed by atoms with Gasteiger partial charge in [0, 0.05) is 26.2 Å². The van der Waals surface area contributed by atoms with E-state index in [4.69, 9.17) is 0 Å². The molecule has 0 bridgehead atoms. The van der Waals surface area contributed by atoms with Crippen LogP contribution in [0.4, 0.5) is 4.79 Å². The number of carbonyl (C=O) groups excluding carboxylic acids is 1. The van der Waals surface area contributed by atoms with Crippen molar-refractivity contribution in [3.63, 3.8) is 0 Å². The van der Waals surface area contributed by atoms with Crippen molar-refractivity contribution in [3.8, 4) is 0 Å². The molecule has 0 saturated carbocycles. The first-order chi connectivity index (χ1) is 8.15. The molecule has 2 rings (SSSR count). The molecule has 2 saturated heterocycles. The second-order valence-electron chi connectivity index (χ2n) is 5.77. The highest BCUT2D eigenvalue weighted by atomic mass is 16.2. The number of amides is 2. The fourth-order valence-electron chi connectivity index (χ4n) is 2.75. The largest absolute Gasteiger partial charge is 0.338 e. The molecule has 17 heavy (non-hydrogen) atoms. The summed E-state index contributed by atoms with van der Waals surface area (Å²) in [7, 11) is 2.15. The molecule has 98 valence electrons. The Morgan fingerprint density at radius 1 is 1.24 bits per heavy atom. The number of nitrogens with one attached hydrogen (secondary N) is 1. The quantitative estimate of drug-likeness (QED) is 0.790. The molecule has 2 heterocycles. The molecule has 1 N–H and O–H groups in total. The number of likely N-dealkylation sites (tertiary alicyclic amines) is 2. The summed E-state index contributed by atoms with van der Waals surface area (Å²) in [4.78, 5) is 16.2.